The van der Waals surface area contributed by atoms with Crippen LogP contribution in [0.15, 0.2) is 0 Å². The van der Waals surface area contributed by atoms with E-state index in [1.54, 1.807) is 6.92 Å². The van der Waals surface area contributed by atoms with E-state index in [1.165, 1.54) is 19.3 Å². The van der Waals surface area contributed by atoms with Gasteiger partial charge in [0.2, 0.25) is 0 Å². The maximum absolute atomic E-state index is 10.7. The van der Waals surface area contributed by atoms with Crippen LogP contribution in [0.1, 0.15) is 61.7 Å². The van der Waals surface area contributed by atoms with Crippen LogP contribution in [0.25, 0.3) is 0 Å². The first-order chi connectivity index (χ1) is 5.68. The first-order valence-electron chi connectivity index (χ1n) is 5.19. The summed E-state index contributed by atoms with van der Waals surface area (Å²) >= 11 is 0. The van der Waals surface area contributed by atoms with Gasteiger partial charge in [-0.15, -0.1) is 0 Å². The molecule has 0 aromatic heterocycles. The number of Topliss-reactive ketones (excluding diaryl/α,β-unsaturated/α-hetero) is 1. The van der Waals surface area contributed by atoms with Gasteiger partial charge in [0.1, 0.15) is 5.78 Å². The molecule has 0 unspecified atom stereocenters. The largest absolute Gasteiger partial charge is 0.300 e. The first-order valence-corrected chi connectivity index (χ1v) is 5.19. The fraction of sp³-hybridized carbons (Fsp3) is 0.909. The van der Waals surface area contributed by atoms with Gasteiger partial charge in [0, 0.05) is 7.34 Å². The minimum atomic E-state index is 0. The third-order valence-electron chi connectivity index (χ3n) is 1.93. The Morgan fingerprint density at radius 3 is 2.17 bits per heavy atom. The van der Waals surface area contributed by atoms with E-state index in [0.717, 1.165) is 6.42 Å². The van der Waals surface area contributed by atoms with Crippen LogP contribution in [-0.2, 0) is 4.79 Å². The monoisotopic (exact) mass is 174 g/mol. The van der Waals surface area contributed by atoms with Gasteiger partial charge in [-0.2, -0.15) is 0 Å². The molecule has 12 heavy (non-hydrogen) atoms. The summed E-state index contributed by atoms with van der Waals surface area (Å²) in [6.45, 7) is 9.87. The second-order valence-electron chi connectivity index (χ2n) is 3.01. The third-order valence-corrected chi connectivity index (χ3v) is 1.93. The van der Waals surface area contributed by atoms with Crippen molar-refractivity contribution in [2.45, 2.75) is 60.3 Å². The number of carbonyl (C=O) groups is 1. The predicted octanol–water partition coefficient (Wildman–Crippen LogP) is 4.06. The van der Waals surface area contributed by atoms with E-state index >= 15 is 0 Å². The minimum Gasteiger partial charge on any atom is -0.300 e. The lowest BCUT2D eigenvalue weighted by Gasteiger charge is -2.04. The summed E-state index contributed by atoms with van der Waals surface area (Å²) in [5.41, 5.74) is 0. The van der Waals surface area contributed by atoms with Crippen molar-refractivity contribution >= 4 is 5.78 Å². The highest BCUT2D eigenvalue weighted by Crippen LogP contribution is 2.09. The average Bonchev–Trinajstić information content (AvgIpc) is 2.08. The molecule has 0 N–H and O–H groups in total. The van der Waals surface area contributed by atoms with Gasteiger partial charge in [-0.25, -0.2) is 0 Å². The standard InChI is InChI=1S/C9H18O.C2H6.H2/c1-4-5-6-7-8(2)9(3)10;1-2;/h8H,4-7H2,1-3H3;1-2H3;1H/t8-;;/m0../s1. The highest BCUT2D eigenvalue weighted by Gasteiger charge is 2.05. The molecule has 0 aromatic carbocycles. The maximum Gasteiger partial charge on any atom is 0.132 e. The first kappa shape index (κ1) is 14.2. The molecule has 0 aliphatic rings. The SMILES string of the molecule is CC.CCCCC[C@H](C)C(C)=O.[HH]. The zero-order valence-electron chi connectivity index (χ0n) is 9.31. The number of ketones is 1. The van der Waals surface area contributed by atoms with Gasteiger partial charge >= 0.3 is 0 Å². The molecule has 1 heteroatoms. The Bertz CT molecular complexity index is 102. The smallest absolute Gasteiger partial charge is 0.132 e. The molecule has 0 saturated heterocycles. The fourth-order valence-electron chi connectivity index (χ4n) is 0.904. The Morgan fingerprint density at radius 1 is 1.33 bits per heavy atom. The third kappa shape index (κ3) is 9.67. The molecule has 0 amide bonds. The van der Waals surface area contributed by atoms with Gasteiger partial charge in [-0.3, -0.25) is 4.79 Å². The normalized spacial score (nSPS) is 11.4. The van der Waals surface area contributed by atoms with E-state index in [1.807, 2.05) is 20.8 Å². The highest BCUT2D eigenvalue weighted by atomic mass is 16.1. The van der Waals surface area contributed by atoms with Crippen molar-refractivity contribution in [3.63, 3.8) is 0 Å². The van der Waals surface area contributed by atoms with Crippen LogP contribution in [0.2, 0.25) is 0 Å². The Hall–Kier alpha value is -0.330. The number of hydrogen-bond donors (Lipinski definition) is 0. The van der Waals surface area contributed by atoms with E-state index in [-0.39, 0.29) is 7.34 Å². The van der Waals surface area contributed by atoms with E-state index in [4.69, 9.17) is 0 Å². The molecular weight excluding hydrogens is 148 g/mol. The molecule has 0 aromatic rings. The van der Waals surface area contributed by atoms with Crippen molar-refractivity contribution in [3.05, 3.63) is 0 Å². The Balaban J connectivity index is -0.000000309. The van der Waals surface area contributed by atoms with Crippen molar-refractivity contribution in [2.24, 2.45) is 5.92 Å². The van der Waals surface area contributed by atoms with E-state index in [2.05, 4.69) is 6.92 Å². The van der Waals surface area contributed by atoms with Crippen LogP contribution in [0.3, 0.4) is 0 Å². The van der Waals surface area contributed by atoms with Gasteiger partial charge < -0.3 is 0 Å². The van der Waals surface area contributed by atoms with Crippen LogP contribution < -0.4 is 0 Å². The van der Waals surface area contributed by atoms with Crippen molar-refractivity contribution in [1.29, 1.82) is 0 Å². The average molecular weight is 174 g/mol. The Labute approximate surface area is 79.0 Å². The van der Waals surface area contributed by atoms with Gasteiger partial charge in [0.15, 0.2) is 0 Å². The number of rotatable bonds is 5. The van der Waals surface area contributed by atoms with Gasteiger partial charge in [-0.1, -0.05) is 47.0 Å². The second kappa shape index (κ2) is 10.7. The maximum atomic E-state index is 10.7. The quantitative estimate of drug-likeness (QED) is 0.574. The lowest BCUT2D eigenvalue weighted by molar-refractivity contribution is -0.120. The molecular formula is C11H26O. The molecule has 76 valence electrons. The second-order valence-corrected chi connectivity index (χ2v) is 3.01. The van der Waals surface area contributed by atoms with E-state index < -0.39 is 0 Å². The van der Waals surface area contributed by atoms with Gasteiger partial charge in [0.05, 0.1) is 0 Å². The molecule has 0 aliphatic carbocycles. The summed E-state index contributed by atoms with van der Waals surface area (Å²) in [4.78, 5) is 10.7. The molecule has 0 aliphatic heterocycles. The van der Waals surface area contributed by atoms with Gasteiger partial charge in [-0.05, 0) is 13.3 Å². The van der Waals surface area contributed by atoms with Crippen LogP contribution in [0.5, 0.6) is 0 Å². The predicted molar refractivity (Wildman–Crippen MR) is 57.4 cm³/mol. The van der Waals surface area contributed by atoms with Crippen LogP contribution in [0, 0.1) is 5.92 Å². The summed E-state index contributed by atoms with van der Waals surface area (Å²) < 4.78 is 0. The molecule has 0 rings (SSSR count). The molecule has 0 bridgehead atoms. The van der Waals surface area contributed by atoms with Crippen molar-refractivity contribution < 1.29 is 6.22 Å². The van der Waals surface area contributed by atoms with Crippen LogP contribution >= 0.6 is 0 Å². The van der Waals surface area contributed by atoms with Crippen molar-refractivity contribution in [2.75, 3.05) is 0 Å². The number of hydrogen-bond acceptors (Lipinski definition) is 1. The summed E-state index contributed by atoms with van der Waals surface area (Å²) in [6, 6.07) is 0. The van der Waals surface area contributed by atoms with Crippen LogP contribution in [-0.4, -0.2) is 5.78 Å². The molecule has 0 saturated carbocycles. The van der Waals surface area contributed by atoms with Crippen molar-refractivity contribution in [1.82, 2.24) is 0 Å². The lowest BCUT2D eigenvalue weighted by atomic mass is 10.0. The van der Waals surface area contributed by atoms with Crippen molar-refractivity contribution in [3.8, 4) is 0 Å². The Morgan fingerprint density at radius 2 is 1.83 bits per heavy atom. The highest BCUT2D eigenvalue weighted by molar-refractivity contribution is 5.77. The topological polar surface area (TPSA) is 17.1 Å². The number of carbonyl (C=O) groups excluding carboxylic acids is 1. The molecule has 0 heterocycles. The van der Waals surface area contributed by atoms with E-state index in [0.29, 0.717) is 5.78 Å². The Kier molecular flexibility index (Phi) is 12.6. The molecule has 0 spiro atoms. The summed E-state index contributed by atoms with van der Waals surface area (Å²) in [5.74, 6) is 0.614. The summed E-state index contributed by atoms with van der Waals surface area (Å²) in [7, 11) is 0. The molecule has 0 radical (unpaired) electrons. The summed E-state index contributed by atoms with van der Waals surface area (Å²) in [6.07, 6.45) is 4.78. The zero-order chi connectivity index (χ0) is 9.98. The molecule has 0 fully saturated rings. The summed E-state index contributed by atoms with van der Waals surface area (Å²) in [5, 5.41) is 0. The van der Waals surface area contributed by atoms with E-state index in [9.17, 15) is 4.79 Å². The molecule has 1 nitrogen and oxygen atoms in total. The fourth-order valence-corrected chi connectivity index (χ4v) is 0.904. The molecule has 1 atom stereocenters. The minimum absolute atomic E-state index is 0. The number of unbranched alkanes of at least 4 members (excludes halogenated alkanes) is 2. The van der Waals surface area contributed by atoms with Gasteiger partial charge in [0.25, 0.3) is 0 Å². The van der Waals surface area contributed by atoms with Crippen LogP contribution in [0.4, 0.5) is 0 Å². The lowest BCUT2D eigenvalue weighted by Crippen LogP contribution is -2.05. The zero-order valence-corrected chi connectivity index (χ0v) is 9.31.